The average molecular weight is 648 g/mol. The average Bonchev–Trinajstić information content (AvgIpc) is 3.11. The minimum absolute atomic E-state index is 0.0187. The quantitative estimate of drug-likeness (QED) is 0.161. The van der Waals surface area contributed by atoms with Crippen LogP contribution < -0.4 is 16.0 Å². The van der Waals surface area contributed by atoms with Gasteiger partial charge in [0.05, 0.1) is 6.04 Å². The van der Waals surface area contributed by atoms with E-state index in [4.69, 9.17) is 4.74 Å². The molecule has 3 amide bonds. The number of Topliss-reactive ketones (excluding diaryl/α,β-unsaturated/α-hetero) is 1. The molecule has 0 aliphatic heterocycles. The van der Waals surface area contributed by atoms with E-state index in [0.29, 0.717) is 19.1 Å². The van der Waals surface area contributed by atoms with Gasteiger partial charge in [-0.25, -0.2) is 4.79 Å². The summed E-state index contributed by atoms with van der Waals surface area (Å²) in [4.78, 5) is 65.3. The maximum atomic E-state index is 14.0. The second-order valence-electron chi connectivity index (χ2n) is 12.2. The van der Waals surface area contributed by atoms with Gasteiger partial charge in [0.1, 0.15) is 30.8 Å². The maximum absolute atomic E-state index is 14.0. The third-order valence-corrected chi connectivity index (χ3v) is 8.75. The highest BCUT2D eigenvalue weighted by Gasteiger charge is 2.31. The molecule has 0 heterocycles. The lowest BCUT2D eigenvalue weighted by atomic mass is 9.84. The van der Waals surface area contributed by atoms with Gasteiger partial charge in [-0.1, -0.05) is 110 Å². The molecule has 4 aromatic rings. The summed E-state index contributed by atoms with van der Waals surface area (Å²) < 4.78 is 5.45. The Bertz CT molecular complexity index is 1710. The van der Waals surface area contributed by atoms with Gasteiger partial charge < -0.3 is 25.5 Å². The predicted octanol–water partition coefficient (Wildman–Crippen LogP) is 5.24. The molecule has 4 aromatic carbocycles. The standard InChI is InChI=1S/C39H41N3O6/c43-25-32(23-31-17-8-10-21-36(31)44)40-37(45)34(22-27-12-3-1-4-13-27)41-38(46)35(42-39(47)48-26-28-14-5-2-6-15-28)24-30-19-11-18-29-16-7-9-20-33(29)30/h1-7,9,11-16,18-20,25,31-32,34-35H,8,10,17,21-24,26H2,(H,40,45)(H,41,46)(H,42,47)/t31-,32-,34-,35-/m0/s1. The number of carbonyl (C=O) groups is 5. The number of alkyl carbamates (subject to hydrolysis) is 1. The zero-order valence-corrected chi connectivity index (χ0v) is 26.8. The summed E-state index contributed by atoms with van der Waals surface area (Å²) in [5, 5.41) is 10.3. The van der Waals surface area contributed by atoms with Crippen LogP contribution in [0.4, 0.5) is 4.79 Å². The number of nitrogens with one attached hydrogen (secondary N) is 3. The number of benzene rings is 4. The number of ketones is 1. The van der Waals surface area contributed by atoms with Crippen molar-refractivity contribution in [1.29, 1.82) is 0 Å². The molecule has 9 nitrogen and oxygen atoms in total. The molecular formula is C39H41N3O6. The Kier molecular flexibility index (Phi) is 12.1. The molecule has 1 saturated carbocycles. The van der Waals surface area contributed by atoms with Crippen LogP contribution in [-0.4, -0.2) is 48.1 Å². The first kappa shape index (κ1) is 34.0. The molecule has 0 bridgehead atoms. The monoisotopic (exact) mass is 647 g/mol. The Balaban J connectivity index is 1.35. The first-order chi connectivity index (χ1) is 23.4. The highest BCUT2D eigenvalue weighted by molar-refractivity contribution is 5.93. The van der Waals surface area contributed by atoms with Crippen molar-refractivity contribution < 1.29 is 28.7 Å². The Morgan fingerprint density at radius 1 is 0.729 bits per heavy atom. The molecule has 5 rings (SSSR count). The molecule has 0 unspecified atom stereocenters. The highest BCUT2D eigenvalue weighted by Crippen LogP contribution is 2.24. The molecule has 0 spiro atoms. The SMILES string of the molecule is O=C[C@H](C[C@@H]1CCCCC1=O)NC(=O)[C@H](Cc1ccccc1)NC(=O)[C@H](Cc1cccc2ccccc12)NC(=O)OCc1ccccc1. The minimum Gasteiger partial charge on any atom is -0.445 e. The van der Waals surface area contributed by atoms with E-state index in [1.165, 1.54) is 0 Å². The minimum atomic E-state index is -1.09. The number of ether oxygens (including phenoxy) is 1. The number of rotatable bonds is 14. The highest BCUT2D eigenvalue weighted by atomic mass is 16.5. The lowest BCUT2D eigenvalue weighted by molar-refractivity contribution is -0.131. The molecule has 0 saturated heterocycles. The van der Waals surface area contributed by atoms with Crippen LogP contribution in [0.2, 0.25) is 0 Å². The van der Waals surface area contributed by atoms with Crippen LogP contribution in [0.15, 0.2) is 103 Å². The van der Waals surface area contributed by atoms with Crippen molar-refractivity contribution in [3.8, 4) is 0 Å². The molecular weight excluding hydrogens is 606 g/mol. The molecule has 0 aromatic heterocycles. The zero-order valence-electron chi connectivity index (χ0n) is 26.8. The van der Waals surface area contributed by atoms with Crippen molar-refractivity contribution in [2.45, 2.75) is 69.7 Å². The number of aldehydes is 1. The van der Waals surface area contributed by atoms with Gasteiger partial charge in [-0.2, -0.15) is 0 Å². The molecule has 4 atom stereocenters. The third-order valence-electron chi connectivity index (χ3n) is 8.75. The fraction of sp³-hybridized carbons (Fsp3) is 0.308. The van der Waals surface area contributed by atoms with Gasteiger partial charge in [-0.3, -0.25) is 14.4 Å². The van der Waals surface area contributed by atoms with E-state index < -0.39 is 36.0 Å². The summed E-state index contributed by atoms with van der Waals surface area (Å²) in [7, 11) is 0. The smallest absolute Gasteiger partial charge is 0.408 e. The number of hydrogen-bond donors (Lipinski definition) is 3. The van der Waals surface area contributed by atoms with Crippen LogP contribution in [0, 0.1) is 5.92 Å². The zero-order chi connectivity index (χ0) is 33.7. The summed E-state index contributed by atoms with van der Waals surface area (Å²) in [5.41, 5.74) is 2.42. The number of hydrogen-bond acceptors (Lipinski definition) is 6. The van der Waals surface area contributed by atoms with Crippen LogP contribution in [0.25, 0.3) is 10.8 Å². The Morgan fingerprint density at radius 3 is 2.10 bits per heavy atom. The van der Waals surface area contributed by atoms with E-state index in [1.807, 2.05) is 103 Å². The molecule has 3 N–H and O–H groups in total. The fourth-order valence-corrected chi connectivity index (χ4v) is 6.18. The molecule has 1 aliphatic carbocycles. The van der Waals surface area contributed by atoms with Crippen LogP contribution in [-0.2, 0) is 43.4 Å². The fourth-order valence-electron chi connectivity index (χ4n) is 6.18. The van der Waals surface area contributed by atoms with Crippen LogP contribution >= 0.6 is 0 Å². The van der Waals surface area contributed by atoms with E-state index in [0.717, 1.165) is 40.3 Å². The van der Waals surface area contributed by atoms with Crippen molar-refractivity contribution in [2.24, 2.45) is 5.92 Å². The van der Waals surface area contributed by atoms with E-state index in [2.05, 4.69) is 16.0 Å². The van der Waals surface area contributed by atoms with E-state index >= 15 is 0 Å². The molecule has 9 heteroatoms. The molecule has 1 aliphatic rings. The molecule has 48 heavy (non-hydrogen) atoms. The van der Waals surface area contributed by atoms with Gasteiger partial charge in [0, 0.05) is 25.2 Å². The van der Waals surface area contributed by atoms with E-state index in [1.54, 1.807) is 0 Å². The summed E-state index contributed by atoms with van der Waals surface area (Å²) in [6, 6.07) is 28.9. The van der Waals surface area contributed by atoms with E-state index in [-0.39, 0.29) is 37.6 Å². The van der Waals surface area contributed by atoms with Crippen molar-refractivity contribution in [1.82, 2.24) is 16.0 Å². The van der Waals surface area contributed by atoms with Crippen LogP contribution in [0.1, 0.15) is 48.8 Å². The van der Waals surface area contributed by atoms with Crippen molar-refractivity contribution in [3.63, 3.8) is 0 Å². The molecule has 248 valence electrons. The lowest BCUT2D eigenvalue weighted by Crippen LogP contribution is -2.56. The number of carbonyl (C=O) groups excluding carboxylic acids is 5. The van der Waals surface area contributed by atoms with Gasteiger partial charge in [-0.05, 0) is 46.7 Å². The topological polar surface area (TPSA) is 131 Å². The first-order valence-electron chi connectivity index (χ1n) is 16.5. The van der Waals surface area contributed by atoms with Gasteiger partial charge in [0.15, 0.2) is 0 Å². The van der Waals surface area contributed by atoms with Crippen molar-refractivity contribution in [2.75, 3.05) is 0 Å². The Hall–Kier alpha value is -5.31. The normalized spacial score (nSPS) is 16.2. The predicted molar refractivity (Wildman–Crippen MR) is 183 cm³/mol. The number of fused-ring (bicyclic) bond motifs is 1. The summed E-state index contributed by atoms with van der Waals surface area (Å²) in [5.74, 6) is -1.31. The van der Waals surface area contributed by atoms with Gasteiger partial charge >= 0.3 is 6.09 Å². The first-order valence-corrected chi connectivity index (χ1v) is 16.5. The van der Waals surface area contributed by atoms with Crippen LogP contribution in [0.5, 0.6) is 0 Å². The van der Waals surface area contributed by atoms with Gasteiger partial charge in [-0.15, -0.1) is 0 Å². The second-order valence-corrected chi connectivity index (χ2v) is 12.2. The Labute approximate surface area is 280 Å². The van der Waals surface area contributed by atoms with Gasteiger partial charge in [0.2, 0.25) is 11.8 Å². The molecule has 1 fully saturated rings. The Morgan fingerprint density at radius 2 is 1.38 bits per heavy atom. The molecule has 0 radical (unpaired) electrons. The van der Waals surface area contributed by atoms with Gasteiger partial charge in [0.25, 0.3) is 0 Å². The van der Waals surface area contributed by atoms with Crippen molar-refractivity contribution >= 4 is 40.7 Å². The summed E-state index contributed by atoms with van der Waals surface area (Å²) >= 11 is 0. The maximum Gasteiger partial charge on any atom is 0.408 e. The van der Waals surface area contributed by atoms with E-state index in [9.17, 15) is 24.0 Å². The third kappa shape index (κ3) is 9.61. The number of amides is 3. The lowest BCUT2D eigenvalue weighted by Gasteiger charge is -2.26. The second kappa shape index (κ2) is 17.0. The largest absolute Gasteiger partial charge is 0.445 e. The van der Waals surface area contributed by atoms with Crippen molar-refractivity contribution in [3.05, 3.63) is 120 Å². The van der Waals surface area contributed by atoms with Crippen LogP contribution in [0.3, 0.4) is 0 Å². The summed E-state index contributed by atoms with van der Waals surface area (Å²) in [6.45, 7) is 0.0187. The summed E-state index contributed by atoms with van der Waals surface area (Å²) in [6.07, 6.45) is 3.28.